The Bertz CT molecular complexity index is 1150. The predicted octanol–water partition coefficient (Wildman–Crippen LogP) is 2.17. The average molecular weight is 396 g/mol. The predicted molar refractivity (Wildman–Crippen MR) is 105 cm³/mol. The Labute approximate surface area is 166 Å². The number of nitrogens with two attached hydrogens (primary N) is 1. The SMILES string of the molecule is N#Cc1c(N2CC[C@@H](C3(N)CC3)C2)ccc2c(=O)c(C(=O)O)cn([C@@H]3C[C@H]3F)c12. The molecule has 3 fully saturated rings. The van der Waals surface area contributed by atoms with E-state index in [1.54, 1.807) is 12.1 Å². The fraction of sp³-hybridized carbons (Fsp3) is 0.476. The van der Waals surface area contributed by atoms with E-state index in [0.717, 1.165) is 32.4 Å². The monoisotopic (exact) mass is 396 g/mol. The van der Waals surface area contributed by atoms with Crippen LogP contribution in [0.4, 0.5) is 10.1 Å². The van der Waals surface area contributed by atoms with Crippen molar-refractivity contribution >= 4 is 22.6 Å². The summed E-state index contributed by atoms with van der Waals surface area (Å²) in [7, 11) is 0. The number of aromatic nitrogens is 1. The van der Waals surface area contributed by atoms with Crippen molar-refractivity contribution in [3.8, 4) is 6.07 Å². The molecule has 0 amide bonds. The molecule has 0 bridgehead atoms. The number of anilines is 1. The van der Waals surface area contributed by atoms with Gasteiger partial charge in [-0.2, -0.15) is 5.26 Å². The van der Waals surface area contributed by atoms with Crippen LogP contribution in [0, 0.1) is 17.2 Å². The molecule has 2 aromatic rings. The first-order valence-corrected chi connectivity index (χ1v) is 9.87. The minimum Gasteiger partial charge on any atom is -0.477 e. The molecule has 1 aliphatic heterocycles. The Balaban J connectivity index is 1.68. The number of fused-ring (bicyclic) bond motifs is 1. The van der Waals surface area contributed by atoms with Crippen LogP contribution in [-0.4, -0.2) is 40.4 Å². The van der Waals surface area contributed by atoms with E-state index in [2.05, 4.69) is 11.0 Å². The van der Waals surface area contributed by atoms with Crippen LogP contribution in [0.5, 0.6) is 0 Å². The van der Waals surface area contributed by atoms with Gasteiger partial charge in [0, 0.05) is 36.6 Å². The van der Waals surface area contributed by atoms with Crippen LogP contribution in [0.25, 0.3) is 10.9 Å². The van der Waals surface area contributed by atoms with Gasteiger partial charge < -0.3 is 20.3 Å². The van der Waals surface area contributed by atoms with Crippen LogP contribution in [0.3, 0.4) is 0 Å². The molecule has 29 heavy (non-hydrogen) atoms. The van der Waals surface area contributed by atoms with Crippen LogP contribution in [0.15, 0.2) is 23.1 Å². The summed E-state index contributed by atoms with van der Waals surface area (Å²) in [5, 5.41) is 19.5. The van der Waals surface area contributed by atoms with Crippen molar-refractivity contribution in [3.63, 3.8) is 0 Å². The lowest BCUT2D eigenvalue weighted by molar-refractivity contribution is 0.0694. The lowest BCUT2D eigenvalue weighted by Crippen LogP contribution is -2.34. The van der Waals surface area contributed by atoms with Gasteiger partial charge in [-0.15, -0.1) is 0 Å². The molecule has 0 unspecified atom stereocenters. The fourth-order valence-electron chi connectivity index (χ4n) is 4.67. The first-order chi connectivity index (χ1) is 13.8. The molecule has 2 heterocycles. The number of alkyl halides is 1. The van der Waals surface area contributed by atoms with Gasteiger partial charge in [-0.1, -0.05) is 0 Å². The molecule has 3 N–H and O–H groups in total. The van der Waals surface area contributed by atoms with Gasteiger partial charge in [0.05, 0.1) is 22.8 Å². The zero-order valence-corrected chi connectivity index (χ0v) is 15.8. The third-order valence-electron chi connectivity index (χ3n) is 6.72. The normalized spacial score (nSPS) is 27.1. The van der Waals surface area contributed by atoms with E-state index < -0.39 is 29.2 Å². The maximum Gasteiger partial charge on any atom is 0.341 e. The molecule has 2 aliphatic carbocycles. The van der Waals surface area contributed by atoms with Gasteiger partial charge in [-0.25, -0.2) is 9.18 Å². The van der Waals surface area contributed by atoms with Gasteiger partial charge in [0.25, 0.3) is 0 Å². The summed E-state index contributed by atoms with van der Waals surface area (Å²) < 4.78 is 15.4. The molecule has 2 saturated carbocycles. The second-order valence-electron chi connectivity index (χ2n) is 8.54. The quantitative estimate of drug-likeness (QED) is 0.819. The van der Waals surface area contributed by atoms with Crippen LogP contribution in [-0.2, 0) is 0 Å². The molecule has 0 spiro atoms. The summed E-state index contributed by atoms with van der Waals surface area (Å²) in [5.74, 6) is -0.996. The van der Waals surface area contributed by atoms with E-state index in [0.29, 0.717) is 17.1 Å². The van der Waals surface area contributed by atoms with E-state index >= 15 is 0 Å². The molecule has 1 aromatic heterocycles. The van der Waals surface area contributed by atoms with Crippen molar-refractivity contribution < 1.29 is 14.3 Å². The Morgan fingerprint density at radius 2 is 2.10 bits per heavy atom. The topological polar surface area (TPSA) is 112 Å². The highest BCUT2D eigenvalue weighted by Crippen LogP contribution is 2.46. The fourth-order valence-corrected chi connectivity index (χ4v) is 4.67. The van der Waals surface area contributed by atoms with Crippen LogP contribution in [0.2, 0.25) is 0 Å². The summed E-state index contributed by atoms with van der Waals surface area (Å²) in [5.41, 5.74) is 6.51. The van der Waals surface area contributed by atoms with Crippen molar-refractivity contribution in [2.45, 2.75) is 43.4 Å². The molecule has 5 rings (SSSR count). The number of halogens is 1. The number of nitriles is 1. The molecule has 0 radical (unpaired) electrons. The van der Waals surface area contributed by atoms with E-state index in [1.807, 2.05) is 0 Å². The standard InChI is InChI=1S/C21H21FN4O3/c22-15-7-17(15)26-10-14(20(28)29)19(27)12-1-2-16(13(8-23)18(12)26)25-6-3-11(9-25)21(24)4-5-21/h1-2,10-11,15,17H,3-7,9,24H2,(H,28,29)/t11-,15-,17-/m1/s1. The van der Waals surface area contributed by atoms with E-state index in [4.69, 9.17) is 5.73 Å². The molecular weight excluding hydrogens is 375 g/mol. The first kappa shape index (κ1) is 18.1. The first-order valence-electron chi connectivity index (χ1n) is 9.87. The number of pyridine rings is 1. The molecule has 1 aromatic carbocycles. The van der Waals surface area contributed by atoms with Gasteiger partial charge in [0.2, 0.25) is 5.43 Å². The number of hydrogen-bond acceptors (Lipinski definition) is 5. The molecule has 3 aliphatic rings. The number of carboxylic acid groups (broad SMARTS) is 1. The highest BCUT2D eigenvalue weighted by Gasteiger charge is 2.48. The van der Waals surface area contributed by atoms with E-state index in [1.165, 1.54) is 10.8 Å². The minimum atomic E-state index is -1.36. The third kappa shape index (κ3) is 2.72. The second-order valence-corrected chi connectivity index (χ2v) is 8.54. The molecule has 8 heteroatoms. The highest BCUT2D eigenvalue weighted by atomic mass is 19.1. The van der Waals surface area contributed by atoms with Crippen LogP contribution < -0.4 is 16.1 Å². The summed E-state index contributed by atoms with van der Waals surface area (Å²) in [6, 6.07) is 4.91. The lowest BCUT2D eigenvalue weighted by Gasteiger charge is -2.24. The van der Waals surface area contributed by atoms with Crippen molar-refractivity contribution in [1.29, 1.82) is 5.26 Å². The van der Waals surface area contributed by atoms with Crippen molar-refractivity contribution in [3.05, 3.63) is 39.7 Å². The van der Waals surface area contributed by atoms with E-state index in [9.17, 15) is 24.3 Å². The second kappa shape index (κ2) is 6.04. The summed E-state index contributed by atoms with van der Waals surface area (Å²) in [6.45, 7) is 1.50. The molecule has 3 atom stereocenters. The van der Waals surface area contributed by atoms with Crippen LogP contribution in [0.1, 0.15) is 47.6 Å². The molecular formula is C21H21FN4O3. The largest absolute Gasteiger partial charge is 0.477 e. The van der Waals surface area contributed by atoms with Gasteiger partial charge >= 0.3 is 5.97 Å². The highest BCUT2D eigenvalue weighted by molar-refractivity contribution is 5.96. The zero-order chi connectivity index (χ0) is 20.5. The summed E-state index contributed by atoms with van der Waals surface area (Å²) in [6.07, 6.45) is 3.30. The number of carbonyl (C=O) groups is 1. The number of rotatable bonds is 4. The zero-order valence-electron chi connectivity index (χ0n) is 15.8. The van der Waals surface area contributed by atoms with Gasteiger partial charge in [0.1, 0.15) is 17.8 Å². The third-order valence-corrected chi connectivity index (χ3v) is 6.72. The van der Waals surface area contributed by atoms with Crippen LogP contribution >= 0.6 is 0 Å². The number of carboxylic acids is 1. The average Bonchev–Trinajstić information content (AvgIpc) is 3.56. The number of aromatic carboxylic acids is 1. The molecule has 7 nitrogen and oxygen atoms in total. The minimum absolute atomic E-state index is 0.105. The Kier molecular flexibility index (Phi) is 3.77. The van der Waals surface area contributed by atoms with Gasteiger partial charge in [0.15, 0.2) is 0 Å². The van der Waals surface area contributed by atoms with Gasteiger partial charge in [-0.3, -0.25) is 4.79 Å². The number of nitrogens with zero attached hydrogens (tertiary/aromatic N) is 3. The smallest absolute Gasteiger partial charge is 0.341 e. The maximum atomic E-state index is 13.9. The molecule has 150 valence electrons. The van der Waals surface area contributed by atoms with Crippen molar-refractivity contribution in [1.82, 2.24) is 4.57 Å². The summed E-state index contributed by atoms with van der Waals surface area (Å²) >= 11 is 0. The maximum absolute atomic E-state index is 13.9. The molecule has 1 saturated heterocycles. The Morgan fingerprint density at radius 1 is 1.38 bits per heavy atom. The van der Waals surface area contributed by atoms with E-state index in [-0.39, 0.29) is 22.9 Å². The number of benzene rings is 1. The Hall–Kier alpha value is -2.92. The van der Waals surface area contributed by atoms with Crippen molar-refractivity contribution in [2.75, 3.05) is 18.0 Å². The lowest BCUT2D eigenvalue weighted by atomic mass is 9.97. The number of hydrogen-bond donors (Lipinski definition) is 2. The summed E-state index contributed by atoms with van der Waals surface area (Å²) in [4.78, 5) is 26.3. The van der Waals surface area contributed by atoms with Gasteiger partial charge in [-0.05, 0) is 37.3 Å². The van der Waals surface area contributed by atoms with Crippen molar-refractivity contribution in [2.24, 2.45) is 11.7 Å². The Morgan fingerprint density at radius 3 is 2.69 bits per heavy atom.